The second kappa shape index (κ2) is 5.28. The predicted molar refractivity (Wildman–Crippen MR) is 89.9 cm³/mol. The van der Waals surface area contributed by atoms with E-state index in [1.807, 2.05) is 14.0 Å². The van der Waals surface area contributed by atoms with Crippen LogP contribution in [0, 0.1) is 18.8 Å². The van der Waals surface area contributed by atoms with Crippen molar-refractivity contribution in [3.8, 4) is 11.6 Å². The van der Waals surface area contributed by atoms with Crippen LogP contribution in [0.3, 0.4) is 0 Å². The summed E-state index contributed by atoms with van der Waals surface area (Å²) in [6.45, 7) is 5.90. The van der Waals surface area contributed by atoms with Gasteiger partial charge in [-0.15, -0.1) is 0 Å². The molecule has 2 heterocycles. The van der Waals surface area contributed by atoms with Gasteiger partial charge in [0.2, 0.25) is 0 Å². The molecule has 1 N–H and O–H groups in total. The van der Waals surface area contributed by atoms with E-state index in [1.54, 1.807) is 11.6 Å². The Morgan fingerprint density at radius 3 is 2.84 bits per heavy atom. The number of nitrogens with zero attached hydrogens (tertiary/aromatic N) is 4. The number of fused-ring (bicyclic) bond motifs is 3. The standard InChI is InChI=1S/C18H22N4O3/c1-9-13-6-5-12-14(17-19-10(2)21-25-17)22(4)20-16(12)18(13,3)7-11(8-23)15(9)24/h8-9,13,23H,5-7H2,1-4H3/b11-8-/t9-,13-,18?/m0/s1. The molecule has 0 amide bonds. The average molecular weight is 342 g/mol. The largest absolute Gasteiger partial charge is 0.515 e. The molecule has 4 rings (SSSR count). The number of aliphatic hydroxyl groups is 1. The lowest BCUT2D eigenvalue weighted by atomic mass is 9.55. The van der Waals surface area contributed by atoms with Gasteiger partial charge in [-0.05, 0) is 32.1 Å². The summed E-state index contributed by atoms with van der Waals surface area (Å²) in [5.74, 6) is 1.21. The first-order chi connectivity index (χ1) is 11.9. The zero-order chi connectivity index (χ0) is 17.9. The first kappa shape index (κ1) is 16.1. The lowest BCUT2D eigenvalue weighted by Crippen LogP contribution is -2.47. The van der Waals surface area contributed by atoms with Crippen molar-refractivity contribution in [3.63, 3.8) is 0 Å². The minimum atomic E-state index is -0.291. The third kappa shape index (κ3) is 2.11. The highest BCUT2D eigenvalue weighted by Crippen LogP contribution is 2.53. The molecule has 25 heavy (non-hydrogen) atoms. The maximum atomic E-state index is 12.5. The molecule has 0 bridgehead atoms. The van der Waals surface area contributed by atoms with E-state index in [9.17, 15) is 9.90 Å². The molecule has 1 unspecified atom stereocenters. The molecule has 0 aliphatic heterocycles. The van der Waals surface area contributed by atoms with Gasteiger partial charge in [0.15, 0.2) is 11.6 Å². The van der Waals surface area contributed by atoms with E-state index >= 15 is 0 Å². The molecule has 3 atom stereocenters. The number of aryl methyl sites for hydroxylation is 2. The van der Waals surface area contributed by atoms with Crippen LogP contribution in [0.1, 0.15) is 43.8 Å². The van der Waals surface area contributed by atoms with E-state index in [0.29, 0.717) is 23.7 Å². The van der Waals surface area contributed by atoms with Crippen LogP contribution in [0.2, 0.25) is 0 Å². The van der Waals surface area contributed by atoms with E-state index in [0.717, 1.165) is 36.1 Å². The van der Waals surface area contributed by atoms with Crippen LogP contribution in [0.4, 0.5) is 0 Å². The maximum Gasteiger partial charge on any atom is 0.276 e. The molecule has 7 nitrogen and oxygen atoms in total. The fraction of sp³-hybridized carbons (Fsp3) is 0.556. The zero-order valence-corrected chi connectivity index (χ0v) is 14.9. The van der Waals surface area contributed by atoms with Gasteiger partial charge in [0.1, 0.15) is 5.69 Å². The number of rotatable bonds is 1. The van der Waals surface area contributed by atoms with Gasteiger partial charge in [-0.2, -0.15) is 10.1 Å². The Hall–Kier alpha value is -2.44. The lowest BCUT2D eigenvalue weighted by molar-refractivity contribution is -0.124. The summed E-state index contributed by atoms with van der Waals surface area (Å²) in [4.78, 5) is 16.8. The number of carbonyl (C=O) groups excluding carboxylic acids is 1. The van der Waals surface area contributed by atoms with Crippen molar-refractivity contribution < 1.29 is 14.4 Å². The monoisotopic (exact) mass is 342 g/mol. The summed E-state index contributed by atoms with van der Waals surface area (Å²) >= 11 is 0. The second-order valence-corrected chi connectivity index (χ2v) is 7.49. The SMILES string of the molecule is Cc1noc(-c2c3c(nn2C)C2(C)C/C(=C/O)C(=O)[C@@H](C)[C@@H]2CC3)n1. The van der Waals surface area contributed by atoms with Crippen molar-refractivity contribution in [2.75, 3.05) is 0 Å². The van der Waals surface area contributed by atoms with Crippen LogP contribution in [0.5, 0.6) is 0 Å². The third-order valence-corrected chi connectivity index (χ3v) is 5.99. The quantitative estimate of drug-likeness (QED) is 0.632. The maximum absolute atomic E-state index is 12.5. The molecule has 0 saturated heterocycles. The molecule has 2 aliphatic rings. The summed E-state index contributed by atoms with van der Waals surface area (Å²) in [6, 6.07) is 0. The van der Waals surface area contributed by atoms with Crippen molar-refractivity contribution in [2.45, 2.75) is 45.4 Å². The van der Waals surface area contributed by atoms with E-state index in [4.69, 9.17) is 9.62 Å². The Morgan fingerprint density at radius 2 is 2.20 bits per heavy atom. The van der Waals surface area contributed by atoms with Crippen LogP contribution in [-0.2, 0) is 23.7 Å². The number of hydrogen-bond acceptors (Lipinski definition) is 6. The zero-order valence-electron chi connectivity index (χ0n) is 14.9. The van der Waals surface area contributed by atoms with E-state index < -0.39 is 0 Å². The number of carbonyl (C=O) groups is 1. The number of hydrogen-bond donors (Lipinski definition) is 1. The van der Waals surface area contributed by atoms with Crippen molar-refractivity contribution in [2.24, 2.45) is 18.9 Å². The first-order valence-corrected chi connectivity index (χ1v) is 8.61. The van der Waals surface area contributed by atoms with Gasteiger partial charge >= 0.3 is 0 Å². The number of aliphatic hydroxyl groups excluding tert-OH is 1. The molecule has 1 saturated carbocycles. The lowest BCUT2D eigenvalue weighted by Gasteiger charge is -2.47. The highest BCUT2D eigenvalue weighted by Gasteiger charge is 2.52. The van der Waals surface area contributed by atoms with Gasteiger partial charge in [0.25, 0.3) is 5.89 Å². The Labute approximate surface area is 145 Å². The topological polar surface area (TPSA) is 94.0 Å². The molecular formula is C18H22N4O3. The molecule has 7 heteroatoms. The minimum Gasteiger partial charge on any atom is -0.515 e. The smallest absolute Gasteiger partial charge is 0.276 e. The van der Waals surface area contributed by atoms with Crippen molar-refractivity contribution in [1.29, 1.82) is 0 Å². The Bertz CT molecular complexity index is 894. The van der Waals surface area contributed by atoms with Crippen LogP contribution in [0.15, 0.2) is 16.4 Å². The molecule has 1 fully saturated rings. The fourth-order valence-corrected chi connectivity index (χ4v) is 4.80. The van der Waals surface area contributed by atoms with E-state index in [-0.39, 0.29) is 23.0 Å². The van der Waals surface area contributed by atoms with Gasteiger partial charge in [0.05, 0.1) is 12.0 Å². The Kier molecular flexibility index (Phi) is 3.39. The first-order valence-electron chi connectivity index (χ1n) is 8.61. The summed E-state index contributed by atoms with van der Waals surface area (Å²) in [5.41, 5.74) is 3.15. The molecule has 2 aromatic heterocycles. The van der Waals surface area contributed by atoms with Crippen LogP contribution in [-0.4, -0.2) is 30.8 Å². The van der Waals surface area contributed by atoms with Gasteiger partial charge in [-0.3, -0.25) is 9.48 Å². The third-order valence-electron chi connectivity index (χ3n) is 5.99. The second-order valence-electron chi connectivity index (χ2n) is 7.49. The molecule has 0 aromatic carbocycles. The van der Waals surface area contributed by atoms with E-state index in [1.165, 1.54) is 0 Å². The van der Waals surface area contributed by atoms with Gasteiger partial charge < -0.3 is 9.63 Å². The van der Waals surface area contributed by atoms with Crippen LogP contribution >= 0.6 is 0 Å². The molecule has 0 radical (unpaired) electrons. The highest BCUT2D eigenvalue weighted by molar-refractivity contribution is 5.98. The van der Waals surface area contributed by atoms with Crippen LogP contribution < -0.4 is 0 Å². The average Bonchev–Trinajstić information content (AvgIpc) is 3.14. The number of allylic oxidation sites excluding steroid dienone is 1. The Morgan fingerprint density at radius 1 is 1.44 bits per heavy atom. The number of ketones is 1. The highest BCUT2D eigenvalue weighted by atomic mass is 16.5. The van der Waals surface area contributed by atoms with Gasteiger partial charge in [-0.25, -0.2) is 0 Å². The summed E-state index contributed by atoms with van der Waals surface area (Å²) < 4.78 is 7.18. The fourth-order valence-electron chi connectivity index (χ4n) is 4.80. The number of Topliss-reactive ketones (excluding diaryl/α,β-unsaturated/α-hetero) is 1. The molecule has 0 spiro atoms. The van der Waals surface area contributed by atoms with Crippen molar-refractivity contribution in [1.82, 2.24) is 19.9 Å². The van der Waals surface area contributed by atoms with Gasteiger partial charge in [0, 0.05) is 29.5 Å². The normalized spacial score (nSPS) is 30.4. The molecule has 132 valence electrons. The van der Waals surface area contributed by atoms with E-state index in [2.05, 4.69) is 17.1 Å². The summed E-state index contributed by atoms with van der Waals surface area (Å²) in [6.07, 6.45) is 3.21. The van der Waals surface area contributed by atoms with Crippen LogP contribution in [0.25, 0.3) is 11.6 Å². The van der Waals surface area contributed by atoms with Crippen molar-refractivity contribution >= 4 is 5.78 Å². The number of aromatic nitrogens is 4. The summed E-state index contributed by atoms with van der Waals surface area (Å²) in [5, 5.41) is 18.2. The molecule has 2 aromatic rings. The Balaban J connectivity index is 1.88. The molecular weight excluding hydrogens is 320 g/mol. The molecule has 2 aliphatic carbocycles. The summed E-state index contributed by atoms with van der Waals surface area (Å²) in [7, 11) is 1.88. The minimum absolute atomic E-state index is 0.0529. The predicted octanol–water partition coefficient (Wildman–Crippen LogP) is 2.65. The van der Waals surface area contributed by atoms with Gasteiger partial charge in [-0.1, -0.05) is 19.0 Å². The van der Waals surface area contributed by atoms with Crippen molar-refractivity contribution in [3.05, 3.63) is 28.9 Å².